The van der Waals surface area contributed by atoms with Crippen LogP contribution in [-0.2, 0) is 27.4 Å². The molecule has 1 fully saturated rings. The number of hydrogen-bond acceptors (Lipinski definition) is 6. The van der Waals surface area contributed by atoms with Crippen molar-refractivity contribution in [3.63, 3.8) is 0 Å². The summed E-state index contributed by atoms with van der Waals surface area (Å²) in [5, 5.41) is 11.8. The molecule has 1 aliphatic rings. The molecule has 0 unspecified atom stereocenters. The van der Waals surface area contributed by atoms with Crippen LogP contribution in [0, 0.1) is 5.92 Å². The van der Waals surface area contributed by atoms with Crippen molar-refractivity contribution in [3.8, 4) is 5.75 Å². The van der Waals surface area contributed by atoms with Crippen molar-refractivity contribution >= 4 is 17.8 Å². The first kappa shape index (κ1) is 27.8. The number of carboxylic acids is 1. The number of rotatable bonds is 12. The maximum Gasteiger partial charge on any atom is 0.305 e. The van der Waals surface area contributed by atoms with Crippen molar-refractivity contribution < 1.29 is 24.2 Å². The maximum atomic E-state index is 13.3. The Kier molecular flexibility index (Phi) is 9.99. The third-order valence-corrected chi connectivity index (χ3v) is 6.98. The number of nitrogens with one attached hydrogen (secondary N) is 1. The minimum atomic E-state index is -0.958. The lowest BCUT2D eigenvalue weighted by atomic mass is 9.79. The summed E-state index contributed by atoms with van der Waals surface area (Å²) in [6, 6.07) is 17.4. The fourth-order valence-electron chi connectivity index (χ4n) is 4.89. The van der Waals surface area contributed by atoms with Crippen molar-refractivity contribution in [1.82, 2.24) is 20.2 Å². The number of benzene rings is 2. The number of aliphatic carboxylic acids is 1. The van der Waals surface area contributed by atoms with Gasteiger partial charge in [0.2, 0.25) is 11.8 Å². The van der Waals surface area contributed by atoms with Gasteiger partial charge in [0.15, 0.2) is 0 Å². The summed E-state index contributed by atoms with van der Waals surface area (Å²) in [7, 11) is 0. The van der Waals surface area contributed by atoms with E-state index < -0.39 is 11.9 Å². The number of nitrogens with zero attached hydrogens (tertiary/aromatic N) is 3. The molecule has 2 heterocycles. The topological polar surface area (TPSA) is 122 Å². The molecule has 204 valence electrons. The van der Waals surface area contributed by atoms with Crippen LogP contribution in [0.5, 0.6) is 5.75 Å². The summed E-state index contributed by atoms with van der Waals surface area (Å²) in [5.74, 6) is -0.798. The van der Waals surface area contributed by atoms with Gasteiger partial charge in [-0.1, -0.05) is 42.5 Å². The molecular weight excluding hydrogens is 496 g/mol. The molecule has 9 heteroatoms. The van der Waals surface area contributed by atoms with E-state index in [0.29, 0.717) is 51.1 Å². The highest BCUT2D eigenvalue weighted by atomic mass is 16.5. The average molecular weight is 531 g/mol. The number of amides is 2. The minimum absolute atomic E-state index is 0.0231. The Morgan fingerprint density at radius 1 is 1.00 bits per heavy atom. The number of likely N-dealkylation sites (tertiary alicyclic amines) is 1. The van der Waals surface area contributed by atoms with Crippen LogP contribution in [0.25, 0.3) is 0 Å². The summed E-state index contributed by atoms with van der Waals surface area (Å²) >= 11 is 0. The van der Waals surface area contributed by atoms with Crippen molar-refractivity contribution in [2.24, 2.45) is 5.92 Å². The van der Waals surface area contributed by atoms with Crippen molar-refractivity contribution in [2.45, 2.75) is 44.6 Å². The van der Waals surface area contributed by atoms with E-state index >= 15 is 0 Å². The Balaban J connectivity index is 1.37. The molecule has 0 aliphatic carbocycles. The van der Waals surface area contributed by atoms with E-state index in [9.17, 15) is 14.4 Å². The summed E-state index contributed by atoms with van der Waals surface area (Å²) in [6.07, 6.45) is 7.03. The Labute approximate surface area is 228 Å². The normalized spacial score (nSPS) is 14.4. The monoisotopic (exact) mass is 530 g/mol. The van der Waals surface area contributed by atoms with Crippen LogP contribution >= 0.6 is 0 Å². The highest BCUT2D eigenvalue weighted by Crippen LogP contribution is 2.34. The number of carboxylic acid groups (broad SMARTS) is 1. The first-order valence-electron chi connectivity index (χ1n) is 13.3. The highest BCUT2D eigenvalue weighted by molar-refractivity contribution is 5.84. The number of hydrogen-bond donors (Lipinski definition) is 2. The number of carbonyl (C=O) groups is 3. The van der Waals surface area contributed by atoms with E-state index in [1.165, 1.54) is 0 Å². The summed E-state index contributed by atoms with van der Waals surface area (Å²) in [5.41, 5.74) is 2.70. The molecule has 4 rings (SSSR count). The average Bonchev–Trinajstić information content (AvgIpc) is 2.97. The molecule has 0 bridgehead atoms. The standard InChI is InChI=1S/C30H34N4O5/c35-27(11-8-25-20-31-16-17-32-25)34-18-13-24(14-19-34)29(30(38)33-15-12-28(36)37)23-6-9-26(10-7-23)39-21-22-4-2-1-3-5-22/h1-7,9-10,16-17,20,24,29H,8,11-15,18-19,21H2,(H,33,38)(H,36,37)/t29-/m1/s1. The van der Waals surface area contributed by atoms with Crippen LogP contribution in [0.4, 0.5) is 0 Å². The van der Waals surface area contributed by atoms with E-state index in [1.54, 1.807) is 18.6 Å². The second-order valence-electron chi connectivity index (χ2n) is 9.67. The number of carbonyl (C=O) groups excluding carboxylic acids is 2. The van der Waals surface area contributed by atoms with Crippen LogP contribution in [0.2, 0.25) is 0 Å². The third-order valence-electron chi connectivity index (χ3n) is 6.98. The van der Waals surface area contributed by atoms with Crippen molar-refractivity contribution in [2.75, 3.05) is 19.6 Å². The second-order valence-corrected chi connectivity index (χ2v) is 9.67. The smallest absolute Gasteiger partial charge is 0.305 e. The second kappa shape index (κ2) is 14.0. The van der Waals surface area contributed by atoms with Crippen molar-refractivity contribution in [1.29, 1.82) is 0 Å². The molecule has 9 nitrogen and oxygen atoms in total. The minimum Gasteiger partial charge on any atom is -0.489 e. The van der Waals surface area contributed by atoms with E-state index in [4.69, 9.17) is 9.84 Å². The molecule has 0 spiro atoms. The van der Waals surface area contributed by atoms with Gasteiger partial charge in [0, 0.05) is 44.6 Å². The molecule has 1 atom stereocenters. The van der Waals surface area contributed by atoms with Gasteiger partial charge < -0.3 is 20.1 Å². The van der Waals surface area contributed by atoms with Gasteiger partial charge in [0.05, 0.1) is 18.0 Å². The molecule has 0 saturated carbocycles. The maximum absolute atomic E-state index is 13.3. The highest BCUT2D eigenvalue weighted by Gasteiger charge is 2.33. The fourth-order valence-corrected chi connectivity index (χ4v) is 4.89. The lowest BCUT2D eigenvalue weighted by molar-refractivity contribution is -0.137. The van der Waals surface area contributed by atoms with E-state index in [1.807, 2.05) is 59.5 Å². The first-order chi connectivity index (χ1) is 19.0. The molecule has 1 aliphatic heterocycles. The van der Waals surface area contributed by atoms with Gasteiger partial charge >= 0.3 is 5.97 Å². The molecule has 1 saturated heterocycles. The Bertz CT molecular complexity index is 1210. The van der Waals surface area contributed by atoms with Crippen LogP contribution in [0.3, 0.4) is 0 Å². The lowest BCUT2D eigenvalue weighted by Crippen LogP contribution is -2.43. The molecular formula is C30H34N4O5. The summed E-state index contributed by atoms with van der Waals surface area (Å²) < 4.78 is 5.90. The van der Waals surface area contributed by atoms with Gasteiger partial charge in [-0.25, -0.2) is 0 Å². The molecule has 3 aromatic rings. The van der Waals surface area contributed by atoms with Gasteiger partial charge in [0.1, 0.15) is 12.4 Å². The predicted octanol–water partition coefficient (Wildman–Crippen LogP) is 3.60. The number of piperidine rings is 1. The quantitative estimate of drug-likeness (QED) is 0.367. The van der Waals surface area contributed by atoms with Crippen LogP contribution < -0.4 is 10.1 Å². The number of ether oxygens (including phenoxy) is 1. The summed E-state index contributed by atoms with van der Waals surface area (Å²) in [6.45, 7) is 1.66. The Morgan fingerprint density at radius 3 is 2.41 bits per heavy atom. The molecule has 0 radical (unpaired) electrons. The Hall–Kier alpha value is -4.27. The predicted molar refractivity (Wildman–Crippen MR) is 145 cm³/mol. The van der Waals surface area contributed by atoms with Gasteiger partial charge in [-0.3, -0.25) is 24.4 Å². The SMILES string of the molecule is O=C(O)CCNC(=O)[C@H](c1ccc(OCc2ccccc2)cc1)C1CCN(C(=O)CCc2cnccn2)CC1. The van der Waals surface area contributed by atoms with Crippen LogP contribution in [0.1, 0.15) is 48.4 Å². The zero-order chi connectivity index (χ0) is 27.5. The van der Waals surface area contributed by atoms with Crippen molar-refractivity contribution in [3.05, 3.63) is 90.0 Å². The zero-order valence-electron chi connectivity index (χ0n) is 21.9. The van der Waals surface area contributed by atoms with Crippen LogP contribution in [0.15, 0.2) is 73.2 Å². The van der Waals surface area contributed by atoms with Crippen LogP contribution in [-0.4, -0.2) is 57.4 Å². The third kappa shape index (κ3) is 8.36. The largest absolute Gasteiger partial charge is 0.489 e. The van der Waals surface area contributed by atoms with Gasteiger partial charge in [0.25, 0.3) is 0 Å². The number of aryl methyl sites for hydroxylation is 1. The molecule has 1 aromatic heterocycles. The van der Waals surface area contributed by atoms with Gasteiger partial charge in [-0.15, -0.1) is 0 Å². The Morgan fingerprint density at radius 2 is 1.74 bits per heavy atom. The summed E-state index contributed by atoms with van der Waals surface area (Å²) in [4.78, 5) is 47.1. The first-order valence-corrected chi connectivity index (χ1v) is 13.3. The van der Waals surface area contributed by atoms with E-state index in [0.717, 1.165) is 16.8 Å². The fraction of sp³-hybridized carbons (Fsp3) is 0.367. The van der Waals surface area contributed by atoms with E-state index in [-0.39, 0.29) is 30.7 Å². The zero-order valence-corrected chi connectivity index (χ0v) is 21.9. The molecule has 39 heavy (non-hydrogen) atoms. The lowest BCUT2D eigenvalue weighted by Gasteiger charge is -2.36. The number of aromatic nitrogens is 2. The van der Waals surface area contributed by atoms with Gasteiger partial charge in [-0.2, -0.15) is 0 Å². The van der Waals surface area contributed by atoms with E-state index in [2.05, 4.69) is 15.3 Å². The van der Waals surface area contributed by atoms with Gasteiger partial charge in [-0.05, 0) is 48.4 Å². The molecule has 2 aromatic carbocycles. The molecule has 2 N–H and O–H groups in total. The molecule has 2 amide bonds.